The molecule has 0 aliphatic rings. The number of rotatable bonds is 5. The van der Waals surface area contributed by atoms with Crippen LogP contribution in [0.4, 0.5) is 11.4 Å². The lowest BCUT2D eigenvalue weighted by Crippen LogP contribution is -2.14. The van der Waals surface area contributed by atoms with Gasteiger partial charge in [0.05, 0.1) is 10.0 Å². The summed E-state index contributed by atoms with van der Waals surface area (Å²) in [6, 6.07) is 8.32. The van der Waals surface area contributed by atoms with Crippen molar-refractivity contribution in [3.63, 3.8) is 0 Å². The van der Waals surface area contributed by atoms with Crippen LogP contribution in [0.2, 0.25) is 10.0 Å². The van der Waals surface area contributed by atoms with Crippen LogP contribution in [0, 0.1) is 0 Å². The zero-order valence-corrected chi connectivity index (χ0v) is 12.6. The van der Waals surface area contributed by atoms with Crippen molar-refractivity contribution in [2.24, 2.45) is 0 Å². The summed E-state index contributed by atoms with van der Waals surface area (Å²) in [4.78, 5) is 16.2. The highest BCUT2D eigenvalue weighted by Gasteiger charge is 2.09. The van der Waals surface area contributed by atoms with Crippen molar-refractivity contribution in [1.29, 1.82) is 0 Å². The van der Waals surface area contributed by atoms with Crippen molar-refractivity contribution in [3.8, 4) is 0 Å². The molecule has 0 radical (unpaired) electrons. The largest absolute Gasteiger partial charge is 0.381 e. The predicted molar refractivity (Wildman–Crippen MR) is 87.3 cm³/mol. The van der Waals surface area contributed by atoms with Crippen LogP contribution in [0.3, 0.4) is 0 Å². The van der Waals surface area contributed by atoms with Gasteiger partial charge in [-0.1, -0.05) is 29.3 Å². The quantitative estimate of drug-likeness (QED) is 0.810. The van der Waals surface area contributed by atoms with E-state index in [9.17, 15) is 4.79 Å². The lowest BCUT2D eigenvalue weighted by Gasteiger charge is -2.08. The first-order valence-electron chi connectivity index (χ1n) is 6.17. The molecule has 4 nitrogen and oxygen atoms in total. The summed E-state index contributed by atoms with van der Waals surface area (Å²) < 4.78 is 0. The van der Waals surface area contributed by atoms with Gasteiger partial charge in [-0.2, -0.15) is 0 Å². The molecule has 1 amide bonds. The fourth-order valence-electron chi connectivity index (χ4n) is 1.62. The maximum Gasteiger partial charge on any atom is 0.274 e. The van der Waals surface area contributed by atoms with E-state index < -0.39 is 0 Å². The zero-order valence-electron chi connectivity index (χ0n) is 11.1. The maximum absolute atomic E-state index is 12.1. The highest BCUT2D eigenvalue weighted by molar-refractivity contribution is 6.42. The second-order valence-corrected chi connectivity index (χ2v) is 5.00. The van der Waals surface area contributed by atoms with Crippen molar-refractivity contribution in [2.75, 3.05) is 17.2 Å². The molecule has 2 N–H and O–H groups in total. The van der Waals surface area contributed by atoms with Crippen molar-refractivity contribution < 1.29 is 4.79 Å². The van der Waals surface area contributed by atoms with Gasteiger partial charge in [0, 0.05) is 24.1 Å². The molecule has 0 fully saturated rings. The van der Waals surface area contributed by atoms with Gasteiger partial charge < -0.3 is 10.6 Å². The minimum absolute atomic E-state index is 0.301. The molecule has 0 saturated carbocycles. The summed E-state index contributed by atoms with van der Waals surface area (Å²) in [5.41, 5.74) is 1.65. The Morgan fingerprint density at radius 1 is 1.19 bits per heavy atom. The average molecular weight is 322 g/mol. The number of halogens is 2. The summed E-state index contributed by atoms with van der Waals surface area (Å²) in [7, 11) is 0. The zero-order chi connectivity index (χ0) is 15.2. The second kappa shape index (κ2) is 7.11. The Morgan fingerprint density at radius 3 is 2.71 bits per heavy atom. The normalized spacial score (nSPS) is 10.0. The van der Waals surface area contributed by atoms with E-state index in [0.29, 0.717) is 28.0 Å². The number of amides is 1. The Hall–Kier alpha value is -2.04. The van der Waals surface area contributed by atoms with Crippen LogP contribution in [0.15, 0.2) is 49.2 Å². The molecule has 108 valence electrons. The van der Waals surface area contributed by atoms with Gasteiger partial charge in [0.15, 0.2) is 0 Å². The summed E-state index contributed by atoms with van der Waals surface area (Å²) in [6.07, 6.45) is 3.30. The van der Waals surface area contributed by atoms with E-state index >= 15 is 0 Å². The van der Waals surface area contributed by atoms with Crippen molar-refractivity contribution in [1.82, 2.24) is 4.98 Å². The van der Waals surface area contributed by atoms with Gasteiger partial charge in [0.2, 0.25) is 0 Å². The molecular formula is C15H13Cl2N3O. The first kappa shape index (κ1) is 15.4. The van der Waals surface area contributed by atoms with Crippen LogP contribution in [0.25, 0.3) is 0 Å². The lowest BCUT2D eigenvalue weighted by molar-refractivity contribution is 0.102. The van der Waals surface area contributed by atoms with E-state index in [-0.39, 0.29) is 5.91 Å². The molecule has 0 unspecified atom stereocenters. The summed E-state index contributed by atoms with van der Waals surface area (Å²) >= 11 is 11.7. The molecule has 6 heteroatoms. The minimum Gasteiger partial charge on any atom is -0.381 e. The SMILES string of the molecule is C=CCNc1ccnc(C(=O)Nc2ccc(Cl)c(Cl)c2)c1. The molecule has 0 bridgehead atoms. The van der Waals surface area contributed by atoms with E-state index in [0.717, 1.165) is 5.69 Å². The molecule has 0 aliphatic heterocycles. The Kier molecular flexibility index (Phi) is 5.20. The second-order valence-electron chi connectivity index (χ2n) is 4.18. The highest BCUT2D eigenvalue weighted by Crippen LogP contribution is 2.25. The standard InChI is InChI=1S/C15H13Cl2N3O/c1-2-6-18-10-5-7-19-14(9-10)15(21)20-11-3-4-12(16)13(17)8-11/h2-5,7-9H,1,6H2,(H,18,19)(H,20,21). The number of carbonyl (C=O) groups excluding carboxylic acids is 1. The van der Waals surface area contributed by atoms with Crippen LogP contribution in [0.5, 0.6) is 0 Å². The predicted octanol–water partition coefficient (Wildman–Crippen LogP) is 4.24. The van der Waals surface area contributed by atoms with E-state index in [4.69, 9.17) is 23.2 Å². The van der Waals surface area contributed by atoms with E-state index in [1.54, 1.807) is 42.6 Å². The number of nitrogens with zero attached hydrogens (tertiary/aromatic N) is 1. The Labute approximate surface area is 132 Å². The molecule has 1 aromatic heterocycles. The number of pyridine rings is 1. The van der Waals surface area contributed by atoms with Gasteiger partial charge in [-0.25, -0.2) is 0 Å². The van der Waals surface area contributed by atoms with Gasteiger partial charge in [0.1, 0.15) is 5.69 Å². The minimum atomic E-state index is -0.323. The monoisotopic (exact) mass is 321 g/mol. The van der Waals surface area contributed by atoms with Crippen LogP contribution >= 0.6 is 23.2 Å². The van der Waals surface area contributed by atoms with Crippen molar-refractivity contribution in [2.45, 2.75) is 0 Å². The number of aromatic nitrogens is 1. The molecule has 0 aliphatic carbocycles. The lowest BCUT2D eigenvalue weighted by atomic mass is 10.2. The number of nitrogens with one attached hydrogen (secondary N) is 2. The molecule has 2 aromatic rings. The molecule has 0 spiro atoms. The molecule has 2 rings (SSSR count). The van der Waals surface area contributed by atoms with Crippen LogP contribution in [-0.2, 0) is 0 Å². The summed E-state index contributed by atoms with van der Waals surface area (Å²) in [5.74, 6) is -0.323. The highest BCUT2D eigenvalue weighted by atomic mass is 35.5. The fourth-order valence-corrected chi connectivity index (χ4v) is 1.92. The molecule has 1 aromatic carbocycles. The van der Waals surface area contributed by atoms with Crippen LogP contribution < -0.4 is 10.6 Å². The van der Waals surface area contributed by atoms with Gasteiger partial charge in [-0.3, -0.25) is 9.78 Å². The third kappa shape index (κ3) is 4.21. The molecule has 21 heavy (non-hydrogen) atoms. The number of benzene rings is 1. The summed E-state index contributed by atoms with van der Waals surface area (Å²) in [5, 5.41) is 6.62. The third-order valence-corrected chi connectivity index (χ3v) is 3.36. The van der Waals surface area contributed by atoms with E-state index in [1.165, 1.54) is 0 Å². The Balaban J connectivity index is 2.12. The third-order valence-electron chi connectivity index (χ3n) is 2.62. The Bertz CT molecular complexity index is 674. The van der Waals surface area contributed by atoms with Gasteiger partial charge in [0.25, 0.3) is 5.91 Å². The van der Waals surface area contributed by atoms with E-state index in [2.05, 4.69) is 22.2 Å². The molecule has 0 saturated heterocycles. The molecule has 1 heterocycles. The van der Waals surface area contributed by atoms with Crippen LogP contribution in [-0.4, -0.2) is 17.4 Å². The first-order chi connectivity index (χ1) is 10.1. The van der Waals surface area contributed by atoms with Crippen molar-refractivity contribution >= 4 is 40.5 Å². The Morgan fingerprint density at radius 2 is 2.00 bits per heavy atom. The number of carbonyl (C=O) groups is 1. The van der Waals surface area contributed by atoms with E-state index in [1.807, 2.05) is 0 Å². The first-order valence-corrected chi connectivity index (χ1v) is 6.93. The smallest absolute Gasteiger partial charge is 0.274 e. The van der Waals surface area contributed by atoms with Gasteiger partial charge >= 0.3 is 0 Å². The molecule has 0 atom stereocenters. The fraction of sp³-hybridized carbons (Fsp3) is 0.0667. The van der Waals surface area contributed by atoms with Crippen LogP contribution in [0.1, 0.15) is 10.5 Å². The average Bonchev–Trinajstić information content (AvgIpc) is 2.49. The van der Waals surface area contributed by atoms with Gasteiger partial charge in [-0.15, -0.1) is 6.58 Å². The maximum atomic E-state index is 12.1. The van der Waals surface area contributed by atoms with Crippen molar-refractivity contribution in [3.05, 3.63) is 64.9 Å². The summed E-state index contributed by atoms with van der Waals surface area (Å²) in [6.45, 7) is 4.23. The number of hydrogen-bond acceptors (Lipinski definition) is 3. The number of anilines is 2. The van der Waals surface area contributed by atoms with Gasteiger partial charge in [-0.05, 0) is 30.3 Å². The topological polar surface area (TPSA) is 54.0 Å². The molecular weight excluding hydrogens is 309 g/mol. The number of hydrogen-bond donors (Lipinski definition) is 2.